The summed E-state index contributed by atoms with van der Waals surface area (Å²) in [5, 5.41) is 4.11. The first-order valence-corrected chi connectivity index (χ1v) is 5.71. The van der Waals surface area contributed by atoms with Gasteiger partial charge in [-0.2, -0.15) is 0 Å². The van der Waals surface area contributed by atoms with Crippen LogP contribution >= 0.6 is 11.6 Å². The molecule has 0 aliphatic carbocycles. The second-order valence-corrected chi connectivity index (χ2v) is 4.90. The largest absolute Gasteiger partial charge is 0.305 e. The van der Waals surface area contributed by atoms with Crippen LogP contribution in [0.1, 0.15) is 45.7 Å². The summed E-state index contributed by atoms with van der Waals surface area (Å²) in [5.41, 5.74) is 1.33. The molecule has 1 rings (SSSR count). The highest BCUT2D eigenvalue weighted by Gasteiger charge is 2.18. The number of pyridine rings is 1. The van der Waals surface area contributed by atoms with Gasteiger partial charge < -0.3 is 5.32 Å². The molecule has 0 amide bonds. The third kappa shape index (κ3) is 3.80. The molecule has 1 unspecified atom stereocenters. The van der Waals surface area contributed by atoms with Crippen molar-refractivity contribution in [3.05, 3.63) is 29.0 Å². The van der Waals surface area contributed by atoms with E-state index in [0.717, 1.165) is 6.42 Å². The average molecular weight is 227 g/mol. The third-order valence-electron chi connectivity index (χ3n) is 2.74. The minimum atomic E-state index is 0.148. The van der Waals surface area contributed by atoms with Crippen LogP contribution in [0.4, 0.5) is 0 Å². The predicted octanol–water partition coefficient (Wildman–Crippen LogP) is 3.57. The van der Waals surface area contributed by atoms with E-state index in [1.165, 1.54) is 5.56 Å². The molecule has 0 aliphatic heterocycles. The van der Waals surface area contributed by atoms with Crippen molar-refractivity contribution in [2.45, 2.75) is 45.7 Å². The highest BCUT2D eigenvalue weighted by molar-refractivity contribution is 6.29. The Hall–Kier alpha value is -0.600. The number of aromatic nitrogens is 1. The van der Waals surface area contributed by atoms with Crippen LogP contribution in [0.25, 0.3) is 0 Å². The van der Waals surface area contributed by atoms with E-state index < -0.39 is 0 Å². The minimum Gasteiger partial charge on any atom is -0.305 e. The summed E-state index contributed by atoms with van der Waals surface area (Å²) in [7, 11) is 0. The summed E-state index contributed by atoms with van der Waals surface area (Å²) < 4.78 is 0. The monoisotopic (exact) mass is 226 g/mol. The van der Waals surface area contributed by atoms with Gasteiger partial charge in [0, 0.05) is 17.8 Å². The molecule has 1 atom stereocenters. The first kappa shape index (κ1) is 12.5. The molecule has 2 nitrogen and oxygen atoms in total. The molecule has 0 radical (unpaired) electrons. The molecule has 1 N–H and O–H groups in total. The SMILES string of the molecule is CCC(C)(C)NC(C)c1ccnc(Cl)c1. The lowest BCUT2D eigenvalue weighted by Crippen LogP contribution is -2.40. The summed E-state index contributed by atoms with van der Waals surface area (Å²) >= 11 is 5.86. The van der Waals surface area contributed by atoms with Gasteiger partial charge in [-0.05, 0) is 44.9 Å². The lowest BCUT2D eigenvalue weighted by atomic mass is 9.99. The van der Waals surface area contributed by atoms with E-state index >= 15 is 0 Å². The Morgan fingerprint density at radius 2 is 2.20 bits per heavy atom. The molecule has 1 aromatic rings. The predicted molar refractivity (Wildman–Crippen MR) is 65.2 cm³/mol. The van der Waals surface area contributed by atoms with Crippen LogP contribution in [0, 0.1) is 0 Å². The van der Waals surface area contributed by atoms with E-state index in [2.05, 4.69) is 38.0 Å². The Morgan fingerprint density at radius 3 is 2.73 bits per heavy atom. The molecule has 1 heterocycles. The van der Waals surface area contributed by atoms with E-state index in [1.807, 2.05) is 12.1 Å². The second kappa shape index (κ2) is 4.95. The fraction of sp³-hybridized carbons (Fsp3) is 0.583. The molecule has 0 spiro atoms. The van der Waals surface area contributed by atoms with E-state index in [-0.39, 0.29) is 5.54 Å². The first-order chi connectivity index (χ1) is 6.94. The molecule has 0 fully saturated rings. The topological polar surface area (TPSA) is 24.9 Å². The van der Waals surface area contributed by atoms with E-state index in [9.17, 15) is 0 Å². The minimum absolute atomic E-state index is 0.148. The van der Waals surface area contributed by atoms with Gasteiger partial charge in [0.2, 0.25) is 0 Å². The lowest BCUT2D eigenvalue weighted by molar-refractivity contribution is 0.337. The van der Waals surface area contributed by atoms with Crippen LogP contribution in [0.3, 0.4) is 0 Å². The second-order valence-electron chi connectivity index (χ2n) is 4.52. The van der Waals surface area contributed by atoms with E-state index in [4.69, 9.17) is 11.6 Å². The van der Waals surface area contributed by atoms with Crippen molar-refractivity contribution in [3.8, 4) is 0 Å². The number of halogens is 1. The quantitative estimate of drug-likeness (QED) is 0.794. The molecule has 0 bridgehead atoms. The van der Waals surface area contributed by atoms with Gasteiger partial charge in [-0.15, -0.1) is 0 Å². The maximum Gasteiger partial charge on any atom is 0.129 e. The summed E-state index contributed by atoms with van der Waals surface area (Å²) in [6.07, 6.45) is 2.84. The molecule has 0 aliphatic rings. The van der Waals surface area contributed by atoms with Crippen LogP contribution in [-0.2, 0) is 0 Å². The average Bonchev–Trinajstić information content (AvgIpc) is 2.17. The van der Waals surface area contributed by atoms with Gasteiger partial charge in [-0.25, -0.2) is 4.98 Å². The molecule has 1 aromatic heterocycles. The molecule has 84 valence electrons. The van der Waals surface area contributed by atoms with Crippen LogP contribution in [0.2, 0.25) is 5.15 Å². The number of rotatable bonds is 4. The fourth-order valence-corrected chi connectivity index (χ4v) is 1.64. The standard InChI is InChI=1S/C12H19ClN2/c1-5-12(3,4)15-9(2)10-6-7-14-11(13)8-10/h6-9,15H,5H2,1-4H3. The Balaban J connectivity index is 2.73. The van der Waals surface area contributed by atoms with Gasteiger partial charge in [0.25, 0.3) is 0 Å². The van der Waals surface area contributed by atoms with Crippen molar-refractivity contribution in [2.24, 2.45) is 0 Å². The van der Waals surface area contributed by atoms with Gasteiger partial charge in [0.05, 0.1) is 0 Å². The molecular formula is C12H19ClN2. The highest BCUT2D eigenvalue weighted by Crippen LogP contribution is 2.19. The highest BCUT2D eigenvalue weighted by atomic mass is 35.5. The maximum absolute atomic E-state index is 5.86. The summed E-state index contributed by atoms with van der Waals surface area (Å²) in [6, 6.07) is 4.20. The summed E-state index contributed by atoms with van der Waals surface area (Å²) in [4.78, 5) is 3.98. The Kier molecular flexibility index (Phi) is 4.12. The first-order valence-electron chi connectivity index (χ1n) is 5.34. The van der Waals surface area contributed by atoms with Gasteiger partial charge in [0.15, 0.2) is 0 Å². The smallest absolute Gasteiger partial charge is 0.129 e. The van der Waals surface area contributed by atoms with E-state index in [0.29, 0.717) is 11.2 Å². The van der Waals surface area contributed by atoms with Gasteiger partial charge in [-0.3, -0.25) is 0 Å². The summed E-state index contributed by atoms with van der Waals surface area (Å²) in [5.74, 6) is 0. The van der Waals surface area contributed by atoms with Crippen molar-refractivity contribution < 1.29 is 0 Å². The van der Waals surface area contributed by atoms with Gasteiger partial charge >= 0.3 is 0 Å². The summed E-state index contributed by atoms with van der Waals surface area (Å²) in [6.45, 7) is 8.72. The molecule has 3 heteroatoms. The van der Waals surface area contributed by atoms with Crippen molar-refractivity contribution in [3.63, 3.8) is 0 Å². The Morgan fingerprint density at radius 1 is 1.53 bits per heavy atom. The van der Waals surface area contributed by atoms with Gasteiger partial charge in [-0.1, -0.05) is 18.5 Å². The molecule has 0 saturated heterocycles. The number of nitrogens with one attached hydrogen (secondary N) is 1. The maximum atomic E-state index is 5.86. The number of hydrogen-bond acceptors (Lipinski definition) is 2. The van der Waals surface area contributed by atoms with Crippen molar-refractivity contribution in [1.82, 2.24) is 10.3 Å². The number of hydrogen-bond donors (Lipinski definition) is 1. The normalized spacial score (nSPS) is 13.9. The number of nitrogens with zero attached hydrogens (tertiary/aromatic N) is 1. The zero-order chi connectivity index (χ0) is 11.5. The van der Waals surface area contributed by atoms with Crippen LogP contribution in [0.5, 0.6) is 0 Å². The van der Waals surface area contributed by atoms with Crippen LogP contribution in [0.15, 0.2) is 18.3 Å². The van der Waals surface area contributed by atoms with Crippen LogP contribution in [-0.4, -0.2) is 10.5 Å². The molecule has 15 heavy (non-hydrogen) atoms. The zero-order valence-electron chi connectivity index (χ0n) is 9.84. The van der Waals surface area contributed by atoms with Crippen molar-refractivity contribution >= 4 is 11.6 Å². The Bertz CT molecular complexity index is 323. The van der Waals surface area contributed by atoms with Crippen molar-refractivity contribution in [1.29, 1.82) is 0 Å². The molecule has 0 aromatic carbocycles. The van der Waals surface area contributed by atoms with Crippen molar-refractivity contribution in [2.75, 3.05) is 0 Å². The molecule has 0 saturated carbocycles. The zero-order valence-corrected chi connectivity index (χ0v) is 10.6. The third-order valence-corrected chi connectivity index (χ3v) is 2.95. The fourth-order valence-electron chi connectivity index (χ4n) is 1.46. The van der Waals surface area contributed by atoms with Crippen LogP contribution < -0.4 is 5.32 Å². The van der Waals surface area contributed by atoms with Gasteiger partial charge in [0.1, 0.15) is 5.15 Å². The van der Waals surface area contributed by atoms with E-state index in [1.54, 1.807) is 6.20 Å². The lowest BCUT2D eigenvalue weighted by Gasteiger charge is -2.29. The Labute approximate surface area is 97.1 Å². The molecular weight excluding hydrogens is 208 g/mol.